The lowest BCUT2D eigenvalue weighted by Gasteiger charge is -2.11. The molecule has 0 N–H and O–H groups in total. The Bertz CT molecular complexity index is 440. The Morgan fingerprint density at radius 2 is 1.32 bits per heavy atom. The standard InChI is InChI=1S/C10H17NO7S/c1-6(2)16-9(12)8(10(13)17-7(3)4)11-18-19(5,14)15/h6-7H,1-5H3. The summed E-state index contributed by atoms with van der Waals surface area (Å²) in [6.07, 6.45) is -0.305. The zero-order chi connectivity index (χ0) is 15.2. The van der Waals surface area contributed by atoms with Gasteiger partial charge < -0.3 is 9.47 Å². The molecule has 0 aliphatic carbocycles. The Hall–Kier alpha value is -1.64. The Balaban J connectivity index is 5.14. The highest BCUT2D eigenvalue weighted by atomic mass is 32.2. The van der Waals surface area contributed by atoms with Crippen LogP contribution in [0.25, 0.3) is 0 Å². The van der Waals surface area contributed by atoms with Crippen LogP contribution in [0.15, 0.2) is 5.16 Å². The van der Waals surface area contributed by atoms with Crippen molar-refractivity contribution in [2.45, 2.75) is 39.9 Å². The summed E-state index contributed by atoms with van der Waals surface area (Å²) in [5, 5.41) is 2.98. The van der Waals surface area contributed by atoms with Gasteiger partial charge in [-0.05, 0) is 32.9 Å². The van der Waals surface area contributed by atoms with Crippen molar-refractivity contribution in [1.29, 1.82) is 0 Å². The van der Waals surface area contributed by atoms with Gasteiger partial charge in [-0.3, -0.25) is 4.28 Å². The third kappa shape index (κ3) is 8.14. The van der Waals surface area contributed by atoms with Crippen molar-refractivity contribution in [1.82, 2.24) is 0 Å². The van der Waals surface area contributed by atoms with Crippen molar-refractivity contribution < 1.29 is 31.8 Å². The molecule has 0 bridgehead atoms. The summed E-state index contributed by atoms with van der Waals surface area (Å²) in [7, 11) is -3.95. The van der Waals surface area contributed by atoms with Crippen LogP contribution in [0.2, 0.25) is 0 Å². The van der Waals surface area contributed by atoms with Gasteiger partial charge in [-0.1, -0.05) is 0 Å². The van der Waals surface area contributed by atoms with E-state index < -0.39 is 40.0 Å². The fourth-order valence-electron chi connectivity index (χ4n) is 0.803. The molecule has 9 heteroatoms. The molecule has 0 radical (unpaired) electrons. The van der Waals surface area contributed by atoms with E-state index in [9.17, 15) is 18.0 Å². The molecule has 0 aliphatic heterocycles. The summed E-state index contributed by atoms with van der Waals surface area (Å²) in [6.45, 7) is 6.23. The van der Waals surface area contributed by atoms with Gasteiger partial charge in [0.2, 0.25) is 0 Å². The lowest BCUT2D eigenvalue weighted by molar-refractivity contribution is -0.144. The molecule has 0 saturated heterocycles. The quantitative estimate of drug-likeness (QED) is 0.298. The van der Waals surface area contributed by atoms with Crippen LogP contribution in [-0.4, -0.2) is 44.5 Å². The second-order valence-electron chi connectivity index (χ2n) is 4.13. The summed E-state index contributed by atoms with van der Waals surface area (Å²) in [5.41, 5.74) is -0.868. The van der Waals surface area contributed by atoms with Crippen LogP contribution in [-0.2, 0) is 33.5 Å². The van der Waals surface area contributed by atoms with E-state index in [1.54, 1.807) is 27.7 Å². The summed E-state index contributed by atoms with van der Waals surface area (Å²) in [6, 6.07) is 0. The molecule has 0 saturated carbocycles. The average Bonchev–Trinajstić information content (AvgIpc) is 2.12. The van der Waals surface area contributed by atoms with Gasteiger partial charge in [0.15, 0.2) is 0 Å². The predicted octanol–water partition coefficient (Wildman–Crippen LogP) is 0.222. The van der Waals surface area contributed by atoms with Crippen LogP contribution in [0.4, 0.5) is 0 Å². The maximum atomic E-state index is 11.6. The SMILES string of the molecule is CC(C)OC(=O)C(=NOS(C)(=O)=O)C(=O)OC(C)C. The smallest absolute Gasteiger partial charge is 0.368 e. The number of carbonyl (C=O) groups excluding carboxylic acids is 2. The predicted molar refractivity (Wildman–Crippen MR) is 65.8 cm³/mol. The first-order chi connectivity index (χ1) is 8.53. The monoisotopic (exact) mass is 295 g/mol. The third-order valence-electron chi connectivity index (χ3n) is 1.34. The molecule has 0 rings (SSSR count). The Morgan fingerprint density at radius 1 is 0.947 bits per heavy atom. The number of hydrogen-bond acceptors (Lipinski definition) is 8. The minimum Gasteiger partial charge on any atom is -0.458 e. The van der Waals surface area contributed by atoms with Crippen LogP contribution in [0.5, 0.6) is 0 Å². The fraction of sp³-hybridized carbons (Fsp3) is 0.700. The van der Waals surface area contributed by atoms with Gasteiger partial charge in [0.1, 0.15) is 0 Å². The van der Waals surface area contributed by atoms with Crippen LogP contribution in [0.3, 0.4) is 0 Å². The van der Waals surface area contributed by atoms with Gasteiger partial charge in [-0.2, -0.15) is 8.42 Å². The largest absolute Gasteiger partial charge is 0.458 e. The molecule has 19 heavy (non-hydrogen) atoms. The maximum Gasteiger partial charge on any atom is 0.368 e. The molecule has 0 heterocycles. The lowest BCUT2D eigenvalue weighted by atomic mass is 10.3. The summed E-state index contributed by atoms with van der Waals surface area (Å²) < 4.78 is 35.1. The van der Waals surface area contributed by atoms with Crippen molar-refractivity contribution in [2.24, 2.45) is 5.16 Å². The van der Waals surface area contributed by atoms with Crippen LogP contribution in [0, 0.1) is 0 Å². The fourth-order valence-corrected chi connectivity index (χ4v) is 1.01. The zero-order valence-electron chi connectivity index (χ0n) is 11.4. The summed E-state index contributed by atoms with van der Waals surface area (Å²) in [5.74, 6) is -2.24. The Morgan fingerprint density at radius 3 is 1.58 bits per heavy atom. The van der Waals surface area contributed by atoms with Gasteiger partial charge >= 0.3 is 22.1 Å². The molecule has 0 unspecified atom stereocenters. The molecule has 0 atom stereocenters. The van der Waals surface area contributed by atoms with E-state index in [4.69, 9.17) is 9.47 Å². The maximum absolute atomic E-state index is 11.6. The van der Waals surface area contributed by atoms with Crippen molar-refractivity contribution in [3.05, 3.63) is 0 Å². The minimum absolute atomic E-state index is 0.511. The number of esters is 2. The molecule has 0 aromatic heterocycles. The van der Waals surface area contributed by atoms with Gasteiger partial charge in [-0.15, -0.1) is 0 Å². The van der Waals surface area contributed by atoms with Crippen molar-refractivity contribution in [2.75, 3.05) is 6.26 Å². The first-order valence-corrected chi connectivity index (χ1v) is 7.23. The van der Waals surface area contributed by atoms with Crippen LogP contribution in [0.1, 0.15) is 27.7 Å². The van der Waals surface area contributed by atoms with Gasteiger partial charge in [0.25, 0.3) is 5.71 Å². The molecule has 0 aromatic rings. The molecule has 8 nitrogen and oxygen atoms in total. The molecule has 0 aliphatic rings. The van der Waals surface area contributed by atoms with Gasteiger partial charge in [0, 0.05) is 0 Å². The van der Waals surface area contributed by atoms with Crippen molar-refractivity contribution in [3.63, 3.8) is 0 Å². The van der Waals surface area contributed by atoms with E-state index in [1.807, 2.05) is 0 Å². The van der Waals surface area contributed by atoms with E-state index >= 15 is 0 Å². The van der Waals surface area contributed by atoms with Crippen LogP contribution >= 0.6 is 0 Å². The highest BCUT2D eigenvalue weighted by molar-refractivity contribution is 7.85. The first-order valence-electron chi connectivity index (χ1n) is 5.41. The Kier molecular flexibility index (Phi) is 6.46. The zero-order valence-corrected chi connectivity index (χ0v) is 12.2. The number of oxime groups is 1. The third-order valence-corrected chi connectivity index (χ3v) is 1.68. The van der Waals surface area contributed by atoms with E-state index in [2.05, 4.69) is 9.44 Å². The molecule has 110 valence electrons. The summed E-state index contributed by atoms with van der Waals surface area (Å²) in [4.78, 5) is 23.1. The molecular formula is C10H17NO7S. The number of carbonyl (C=O) groups is 2. The topological polar surface area (TPSA) is 108 Å². The average molecular weight is 295 g/mol. The molecular weight excluding hydrogens is 278 g/mol. The number of hydrogen-bond donors (Lipinski definition) is 0. The Labute approximate surface area is 111 Å². The van der Waals surface area contributed by atoms with Crippen molar-refractivity contribution in [3.8, 4) is 0 Å². The number of rotatable bonds is 6. The van der Waals surface area contributed by atoms with E-state index in [0.717, 1.165) is 6.26 Å². The molecule has 0 spiro atoms. The van der Waals surface area contributed by atoms with Crippen LogP contribution < -0.4 is 0 Å². The number of nitrogens with zero attached hydrogens (tertiary/aromatic N) is 1. The second-order valence-corrected chi connectivity index (χ2v) is 5.68. The van der Waals surface area contributed by atoms with E-state index in [1.165, 1.54) is 0 Å². The highest BCUT2D eigenvalue weighted by Crippen LogP contribution is 2.00. The van der Waals surface area contributed by atoms with Gasteiger partial charge in [0.05, 0.1) is 18.5 Å². The normalized spacial score (nSPS) is 11.1. The van der Waals surface area contributed by atoms with E-state index in [-0.39, 0.29) is 0 Å². The van der Waals surface area contributed by atoms with Gasteiger partial charge in [-0.25, -0.2) is 9.59 Å². The van der Waals surface area contributed by atoms with E-state index in [0.29, 0.717) is 0 Å². The molecule has 0 fully saturated rings. The summed E-state index contributed by atoms with van der Waals surface area (Å²) >= 11 is 0. The van der Waals surface area contributed by atoms with Crippen molar-refractivity contribution >= 4 is 27.8 Å². The first kappa shape index (κ1) is 17.4. The molecule has 0 aromatic carbocycles. The lowest BCUT2D eigenvalue weighted by Crippen LogP contribution is -2.32. The number of ether oxygens (including phenoxy) is 2. The molecule has 0 amide bonds. The highest BCUT2D eigenvalue weighted by Gasteiger charge is 2.27. The minimum atomic E-state index is -3.95. The second kappa shape index (κ2) is 7.07.